The highest BCUT2D eigenvalue weighted by Crippen LogP contribution is 2.17. The number of benzene rings is 2. The molecular formula is C21H18N2S. The Morgan fingerprint density at radius 1 is 0.917 bits per heavy atom. The number of hydrogen-bond donors (Lipinski definition) is 1. The van der Waals surface area contributed by atoms with Gasteiger partial charge in [-0.3, -0.25) is 0 Å². The summed E-state index contributed by atoms with van der Waals surface area (Å²) in [6.07, 6.45) is 6.50. The van der Waals surface area contributed by atoms with Crippen molar-refractivity contribution in [3.8, 4) is 11.3 Å². The maximum Gasteiger partial charge on any atom is 0.116 e. The van der Waals surface area contributed by atoms with Crippen LogP contribution >= 0.6 is 12.6 Å². The molecule has 0 fully saturated rings. The predicted octanol–water partition coefficient (Wildman–Crippen LogP) is 5.21. The highest BCUT2D eigenvalue weighted by atomic mass is 32.1. The van der Waals surface area contributed by atoms with Crippen molar-refractivity contribution >= 4 is 18.7 Å². The lowest BCUT2D eigenvalue weighted by molar-refractivity contribution is 1.15. The molecule has 0 spiro atoms. The molecule has 0 atom stereocenters. The number of hydrogen-bond acceptors (Lipinski definition) is 3. The van der Waals surface area contributed by atoms with Gasteiger partial charge < -0.3 is 0 Å². The van der Waals surface area contributed by atoms with Gasteiger partial charge in [-0.1, -0.05) is 66.7 Å². The Balaban J connectivity index is 1.76. The maximum absolute atomic E-state index is 4.35. The van der Waals surface area contributed by atoms with Crippen molar-refractivity contribution < 1.29 is 0 Å². The Labute approximate surface area is 148 Å². The molecule has 2 nitrogen and oxygen atoms in total. The molecule has 0 unspecified atom stereocenters. The molecule has 3 rings (SSSR count). The summed E-state index contributed by atoms with van der Waals surface area (Å²) in [6, 6.07) is 22.4. The lowest BCUT2D eigenvalue weighted by Gasteiger charge is -2.03. The third kappa shape index (κ3) is 4.43. The molecule has 3 aromatic rings. The lowest BCUT2D eigenvalue weighted by atomic mass is 10.1. The van der Waals surface area contributed by atoms with E-state index in [9.17, 15) is 0 Å². The van der Waals surface area contributed by atoms with Gasteiger partial charge in [0.15, 0.2) is 0 Å². The summed E-state index contributed by atoms with van der Waals surface area (Å²) in [6.45, 7) is 0. The van der Waals surface area contributed by atoms with Crippen molar-refractivity contribution in [3.05, 3.63) is 101 Å². The second kappa shape index (κ2) is 8.27. The SMILES string of the molecule is S/C=C(/C=C\c1cc(-c2ccccc2)ncn1)Cc1ccccc1. The highest BCUT2D eigenvalue weighted by Gasteiger charge is 2.00. The molecule has 0 bridgehead atoms. The molecule has 24 heavy (non-hydrogen) atoms. The summed E-state index contributed by atoms with van der Waals surface area (Å²) in [5, 5.41) is 1.84. The second-order valence-electron chi connectivity index (χ2n) is 5.39. The van der Waals surface area contributed by atoms with E-state index < -0.39 is 0 Å². The molecule has 2 aromatic carbocycles. The van der Waals surface area contributed by atoms with Crippen molar-refractivity contribution in [2.45, 2.75) is 6.42 Å². The van der Waals surface area contributed by atoms with Gasteiger partial charge in [-0.25, -0.2) is 9.97 Å². The minimum absolute atomic E-state index is 0.845. The van der Waals surface area contributed by atoms with Crippen LogP contribution in [-0.4, -0.2) is 9.97 Å². The Morgan fingerprint density at radius 3 is 2.33 bits per heavy atom. The number of rotatable bonds is 5. The molecule has 1 heterocycles. The van der Waals surface area contributed by atoms with Gasteiger partial charge in [-0.2, -0.15) is 12.6 Å². The minimum atomic E-state index is 0.845. The van der Waals surface area contributed by atoms with E-state index in [0.717, 1.165) is 28.9 Å². The van der Waals surface area contributed by atoms with E-state index >= 15 is 0 Å². The molecule has 0 saturated heterocycles. The number of thiol groups is 1. The molecule has 3 heteroatoms. The van der Waals surface area contributed by atoms with Crippen LogP contribution in [-0.2, 0) is 6.42 Å². The number of aromatic nitrogens is 2. The van der Waals surface area contributed by atoms with Gasteiger partial charge in [-0.05, 0) is 35.1 Å². The largest absolute Gasteiger partial charge is 0.237 e. The van der Waals surface area contributed by atoms with Crippen LogP contribution in [0.3, 0.4) is 0 Å². The normalized spacial score (nSPS) is 11.8. The summed E-state index contributed by atoms with van der Waals surface area (Å²) in [5.74, 6) is 0. The van der Waals surface area contributed by atoms with Crippen LogP contribution in [0, 0.1) is 0 Å². The van der Waals surface area contributed by atoms with Crippen molar-refractivity contribution in [2.24, 2.45) is 0 Å². The van der Waals surface area contributed by atoms with E-state index in [0.29, 0.717) is 0 Å². The molecule has 118 valence electrons. The zero-order valence-electron chi connectivity index (χ0n) is 13.2. The van der Waals surface area contributed by atoms with Crippen LogP contribution < -0.4 is 0 Å². The summed E-state index contributed by atoms with van der Waals surface area (Å²) >= 11 is 4.32. The molecule has 0 aliphatic carbocycles. The fourth-order valence-corrected chi connectivity index (χ4v) is 2.58. The van der Waals surface area contributed by atoms with Crippen LogP contribution in [0.15, 0.2) is 90.1 Å². The first-order valence-electron chi connectivity index (χ1n) is 7.78. The van der Waals surface area contributed by atoms with Crippen molar-refractivity contribution in [3.63, 3.8) is 0 Å². The second-order valence-corrected chi connectivity index (χ2v) is 5.65. The Morgan fingerprint density at radius 2 is 1.62 bits per heavy atom. The van der Waals surface area contributed by atoms with E-state index in [1.807, 2.05) is 66.1 Å². The van der Waals surface area contributed by atoms with Gasteiger partial charge in [0.05, 0.1) is 11.4 Å². The fourth-order valence-electron chi connectivity index (χ4n) is 2.40. The summed E-state index contributed by atoms with van der Waals surface area (Å²) < 4.78 is 0. The summed E-state index contributed by atoms with van der Waals surface area (Å²) in [4.78, 5) is 8.68. The van der Waals surface area contributed by atoms with Gasteiger partial charge >= 0.3 is 0 Å². The van der Waals surface area contributed by atoms with E-state index in [1.165, 1.54) is 5.56 Å². The summed E-state index contributed by atoms with van der Waals surface area (Å²) in [7, 11) is 0. The Bertz CT molecular complexity index is 840. The van der Waals surface area contributed by atoms with E-state index in [-0.39, 0.29) is 0 Å². The number of nitrogens with zero attached hydrogens (tertiary/aromatic N) is 2. The third-order valence-corrected chi connectivity index (χ3v) is 3.97. The van der Waals surface area contributed by atoms with Crippen molar-refractivity contribution in [1.82, 2.24) is 9.97 Å². The zero-order chi connectivity index (χ0) is 16.6. The molecule has 0 aliphatic heterocycles. The highest BCUT2D eigenvalue weighted by molar-refractivity contribution is 7.83. The van der Waals surface area contributed by atoms with Gasteiger partial charge in [0.1, 0.15) is 6.33 Å². The monoisotopic (exact) mass is 330 g/mol. The van der Waals surface area contributed by atoms with Crippen LogP contribution in [0.1, 0.15) is 11.3 Å². The van der Waals surface area contributed by atoms with E-state index in [4.69, 9.17) is 0 Å². The maximum atomic E-state index is 4.35. The molecule has 0 saturated carbocycles. The van der Waals surface area contributed by atoms with Crippen LogP contribution in [0.5, 0.6) is 0 Å². The van der Waals surface area contributed by atoms with Gasteiger partial charge in [0.25, 0.3) is 0 Å². The molecule has 1 aromatic heterocycles. The standard InChI is InChI=1S/C21H18N2S/c24-15-18(13-17-7-3-1-4-8-17)11-12-20-14-21(23-16-22-20)19-9-5-2-6-10-19/h1-12,14-16,24H,13H2/b12-11-,18-15-. The number of allylic oxidation sites excluding steroid dienone is 2. The first-order chi connectivity index (χ1) is 11.8. The molecule has 0 radical (unpaired) electrons. The first kappa shape index (κ1) is 16.2. The molecule has 0 aliphatic rings. The van der Waals surface area contributed by atoms with Crippen molar-refractivity contribution in [2.75, 3.05) is 0 Å². The first-order valence-corrected chi connectivity index (χ1v) is 8.29. The van der Waals surface area contributed by atoms with Gasteiger partial charge in [0.2, 0.25) is 0 Å². The molecular weight excluding hydrogens is 312 g/mol. The van der Waals surface area contributed by atoms with Gasteiger partial charge in [0, 0.05) is 5.56 Å². The average Bonchev–Trinajstić information content (AvgIpc) is 2.67. The zero-order valence-corrected chi connectivity index (χ0v) is 14.1. The third-order valence-electron chi connectivity index (χ3n) is 3.64. The van der Waals surface area contributed by atoms with Crippen molar-refractivity contribution in [1.29, 1.82) is 0 Å². The minimum Gasteiger partial charge on any atom is -0.237 e. The average molecular weight is 330 g/mol. The summed E-state index contributed by atoms with van der Waals surface area (Å²) in [5.41, 5.74) is 5.28. The van der Waals surface area contributed by atoms with E-state index in [1.54, 1.807) is 6.33 Å². The van der Waals surface area contributed by atoms with Crippen LogP contribution in [0.2, 0.25) is 0 Å². The van der Waals surface area contributed by atoms with Gasteiger partial charge in [-0.15, -0.1) is 0 Å². The predicted molar refractivity (Wildman–Crippen MR) is 104 cm³/mol. The lowest BCUT2D eigenvalue weighted by Crippen LogP contribution is -1.89. The molecule has 0 amide bonds. The fraction of sp³-hybridized carbons (Fsp3) is 0.0476. The topological polar surface area (TPSA) is 25.8 Å². The Hall–Kier alpha value is -2.65. The van der Waals surface area contributed by atoms with E-state index in [2.05, 4.69) is 40.8 Å². The van der Waals surface area contributed by atoms with Crippen LogP contribution in [0.4, 0.5) is 0 Å². The smallest absolute Gasteiger partial charge is 0.116 e. The molecule has 0 N–H and O–H groups in total. The Kier molecular flexibility index (Phi) is 5.59. The van der Waals surface area contributed by atoms with Crippen LogP contribution in [0.25, 0.3) is 17.3 Å². The quantitative estimate of drug-likeness (QED) is 0.513.